The Labute approximate surface area is 233 Å². The molecule has 228 valence electrons. The normalized spacial score (nSPS) is 13.9. The second-order valence-electron chi connectivity index (χ2n) is 9.66. The molecule has 2 rings (SSSR count). The molecule has 1 unspecified atom stereocenters. The van der Waals surface area contributed by atoms with Gasteiger partial charge in [0, 0.05) is 39.6 Å². The van der Waals surface area contributed by atoms with Crippen LogP contribution in [0.25, 0.3) is 0 Å². The quantitative estimate of drug-likeness (QED) is 0.304. The van der Waals surface area contributed by atoms with E-state index in [-0.39, 0.29) is 23.6 Å². The van der Waals surface area contributed by atoms with Crippen molar-refractivity contribution in [2.75, 3.05) is 23.6 Å². The van der Waals surface area contributed by atoms with E-state index in [0.717, 1.165) is 25.1 Å². The molecule has 17 heteroatoms. The third-order valence-corrected chi connectivity index (χ3v) is 7.02. The molecule has 2 aromatic rings. The van der Waals surface area contributed by atoms with Gasteiger partial charge in [0.05, 0.1) is 17.4 Å². The number of carbonyl (C=O) groups excluding carboxylic acids is 2. The van der Waals surface area contributed by atoms with Gasteiger partial charge >= 0.3 is 28.1 Å². The number of alkyl halides is 7. The van der Waals surface area contributed by atoms with E-state index in [1.807, 2.05) is 0 Å². The summed E-state index contributed by atoms with van der Waals surface area (Å²) >= 11 is 0. The molecule has 0 aromatic heterocycles. The van der Waals surface area contributed by atoms with Crippen molar-refractivity contribution in [2.45, 2.75) is 44.3 Å². The molecule has 0 aliphatic carbocycles. The summed E-state index contributed by atoms with van der Waals surface area (Å²) < 4.78 is 133. The Kier molecular flexibility index (Phi) is 9.60. The lowest BCUT2D eigenvalue weighted by Crippen LogP contribution is -2.50. The molecule has 0 saturated carbocycles. The first-order valence-corrected chi connectivity index (χ1v) is 14.8. The number of aryl methyl sites for hydroxylation is 1. The Balaban J connectivity index is 2.57. The van der Waals surface area contributed by atoms with Crippen molar-refractivity contribution in [3.05, 3.63) is 58.7 Å². The highest BCUT2D eigenvalue weighted by Crippen LogP contribution is 2.53. The molecule has 0 saturated heterocycles. The number of halogens is 7. The smallest absolute Gasteiger partial charge is 0.382 e. The summed E-state index contributed by atoms with van der Waals surface area (Å²) in [5.41, 5.74) is -10.4. The van der Waals surface area contributed by atoms with Crippen LogP contribution in [0, 0.1) is 6.92 Å². The van der Waals surface area contributed by atoms with Crippen LogP contribution in [0.2, 0.25) is 0 Å². The predicted molar refractivity (Wildman–Crippen MR) is 136 cm³/mol. The average Bonchev–Trinajstić information content (AvgIpc) is 2.75. The zero-order valence-corrected chi connectivity index (χ0v) is 23.7. The van der Waals surface area contributed by atoms with Crippen molar-refractivity contribution in [1.82, 2.24) is 5.32 Å². The van der Waals surface area contributed by atoms with Gasteiger partial charge in [-0.1, -0.05) is 18.2 Å². The van der Waals surface area contributed by atoms with Gasteiger partial charge in [-0.15, -0.1) is 0 Å². The van der Waals surface area contributed by atoms with Crippen molar-refractivity contribution in [1.29, 1.82) is 0 Å². The molecular weight excluding hydrogens is 609 g/mol. The fourth-order valence-corrected chi connectivity index (χ4v) is 5.35. The number of rotatable bonds is 9. The summed E-state index contributed by atoms with van der Waals surface area (Å²) in [6, 6.07) is 4.37. The summed E-state index contributed by atoms with van der Waals surface area (Å²) in [5, 5.41) is 4.72. The minimum Gasteiger partial charge on any atom is -0.382 e. The average molecular weight is 635 g/mol. The first kappa shape index (κ1) is 34.0. The fraction of sp³-hybridized carbons (Fsp3) is 0.417. The molecule has 2 amide bonds. The Bertz CT molecular complexity index is 1460. The molecule has 2 aromatic carbocycles. The Morgan fingerprint density at radius 2 is 1.51 bits per heavy atom. The first-order chi connectivity index (χ1) is 18.4. The maximum Gasteiger partial charge on any atom is 0.435 e. The van der Waals surface area contributed by atoms with E-state index in [1.54, 1.807) is 0 Å². The van der Waals surface area contributed by atoms with E-state index in [4.69, 9.17) is 4.18 Å². The highest BCUT2D eigenvalue weighted by atomic mass is 32.2. The molecule has 41 heavy (non-hydrogen) atoms. The molecule has 0 spiro atoms. The molecule has 0 bridgehead atoms. The van der Waals surface area contributed by atoms with Crippen LogP contribution in [0.1, 0.15) is 45.7 Å². The molecule has 2 N–H and O–H groups in total. The van der Waals surface area contributed by atoms with Crippen LogP contribution in [-0.4, -0.2) is 60.6 Å². The molecule has 1 atom stereocenters. The van der Waals surface area contributed by atoms with E-state index >= 15 is 0 Å². The Morgan fingerprint density at radius 1 is 0.951 bits per heavy atom. The minimum atomic E-state index is -6.34. The lowest BCUT2D eigenvalue weighted by atomic mass is 9.92. The van der Waals surface area contributed by atoms with Crippen LogP contribution in [0.5, 0.6) is 5.75 Å². The van der Waals surface area contributed by atoms with Crippen molar-refractivity contribution in [3.63, 3.8) is 0 Å². The minimum absolute atomic E-state index is 0.0349. The molecule has 0 aliphatic rings. The third-order valence-electron chi connectivity index (χ3n) is 5.41. The van der Waals surface area contributed by atoms with Crippen LogP contribution in [0.15, 0.2) is 36.4 Å². The lowest BCUT2D eigenvalue weighted by molar-refractivity contribution is -0.348. The molecule has 0 heterocycles. The van der Waals surface area contributed by atoms with Crippen LogP contribution >= 0.6 is 0 Å². The standard InChI is InChI=1S/C24H25F7N2O6S2/c1-13-11-14(22(25,23(26,27)28)24(29,30)31)9-10-16(13)32-19(34)15-7-6-8-17(39-41(5,37)38)18(15)20(35)33-21(2,3)12-40(4)36/h6-11H,12H2,1-5H3,(H,32,34)(H,33,35). The van der Waals surface area contributed by atoms with Gasteiger partial charge in [0.1, 0.15) is 0 Å². The number of carbonyl (C=O) groups is 2. The van der Waals surface area contributed by atoms with E-state index in [9.17, 15) is 52.9 Å². The predicted octanol–water partition coefficient (Wildman–Crippen LogP) is 4.76. The summed E-state index contributed by atoms with van der Waals surface area (Å²) in [7, 11) is -5.61. The van der Waals surface area contributed by atoms with Crippen LogP contribution in [0.3, 0.4) is 0 Å². The van der Waals surface area contributed by atoms with Gasteiger partial charge in [0.25, 0.3) is 11.8 Å². The number of hydrogen-bond donors (Lipinski definition) is 2. The van der Waals surface area contributed by atoms with E-state index in [2.05, 4.69) is 10.6 Å². The summed E-state index contributed by atoms with van der Waals surface area (Å²) in [5.74, 6) is -2.77. The van der Waals surface area contributed by atoms with Crippen molar-refractivity contribution in [2.24, 2.45) is 0 Å². The monoisotopic (exact) mass is 634 g/mol. The van der Waals surface area contributed by atoms with Gasteiger partial charge in [-0.05, 0) is 44.5 Å². The van der Waals surface area contributed by atoms with Crippen molar-refractivity contribution in [3.8, 4) is 5.75 Å². The van der Waals surface area contributed by atoms with Gasteiger partial charge in [0.2, 0.25) is 0 Å². The topological polar surface area (TPSA) is 119 Å². The third kappa shape index (κ3) is 7.96. The number of nitrogens with one attached hydrogen (secondary N) is 2. The zero-order chi connectivity index (χ0) is 31.8. The summed E-state index contributed by atoms with van der Waals surface area (Å²) in [6.45, 7) is 4.02. The molecular formula is C24H25F7N2O6S2. The molecule has 0 aliphatic heterocycles. The van der Waals surface area contributed by atoms with Crippen LogP contribution in [0.4, 0.5) is 36.4 Å². The fourth-order valence-electron chi connectivity index (χ4n) is 3.80. The van der Waals surface area contributed by atoms with Crippen LogP contribution in [-0.2, 0) is 26.6 Å². The largest absolute Gasteiger partial charge is 0.435 e. The number of amides is 2. The van der Waals surface area contributed by atoms with E-state index in [1.165, 1.54) is 20.1 Å². The van der Waals surface area contributed by atoms with Crippen molar-refractivity contribution >= 4 is 38.4 Å². The maximum absolute atomic E-state index is 14.4. The summed E-state index contributed by atoms with van der Waals surface area (Å²) in [4.78, 5) is 26.4. The number of benzene rings is 2. The van der Waals surface area contributed by atoms with Gasteiger partial charge in [0.15, 0.2) is 5.75 Å². The number of hydrogen-bond acceptors (Lipinski definition) is 6. The van der Waals surface area contributed by atoms with E-state index < -0.39 is 84.3 Å². The molecule has 8 nitrogen and oxygen atoms in total. The maximum atomic E-state index is 14.4. The first-order valence-electron chi connectivity index (χ1n) is 11.3. The van der Waals surface area contributed by atoms with E-state index in [0.29, 0.717) is 12.3 Å². The second kappa shape index (κ2) is 11.6. The highest BCUT2D eigenvalue weighted by molar-refractivity contribution is 7.86. The van der Waals surface area contributed by atoms with Gasteiger partial charge in [-0.25, -0.2) is 4.39 Å². The Hall–Kier alpha value is -3.21. The second-order valence-corrected chi connectivity index (χ2v) is 12.7. The zero-order valence-electron chi connectivity index (χ0n) is 22.1. The molecule has 0 radical (unpaired) electrons. The number of anilines is 1. The lowest BCUT2D eigenvalue weighted by Gasteiger charge is -2.30. The van der Waals surface area contributed by atoms with Crippen molar-refractivity contribution < 1.29 is 57.1 Å². The van der Waals surface area contributed by atoms with Gasteiger partial charge in [-0.2, -0.15) is 34.8 Å². The van der Waals surface area contributed by atoms with Gasteiger partial charge < -0.3 is 14.8 Å². The Morgan fingerprint density at radius 3 is 1.98 bits per heavy atom. The van der Waals surface area contributed by atoms with Gasteiger partial charge in [-0.3, -0.25) is 13.8 Å². The molecule has 0 fully saturated rings. The SMILES string of the molecule is Cc1cc(C(F)(C(F)(F)F)C(F)(F)F)ccc1NC(=O)c1cccc(OS(C)(=O)=O)c1C(=O)NC(C)(C)CS(C)=O. The summed E-state index contributed by atoms with van der Waals surface area (Å²) in [6.07, 6.45) is -10.6. The highest BCUT2D eigenvalue weighted by Gasteiger charge is 2.73. The van der Waals surface area contributed by atoms with Crippen LogP contribution < -0.4 is 14.8 Å².